The van der Waals surface area contributed by atoms with E-state index < -0.39 is 0 Å². The highest BCUT2D eigenvalue weighted by molar-refractivity contribution is 5.64. The van der Waals surface area contributed by atoms with Crippen LogP contribution in [0.5, 0.6) is 0 Å². The summed E-state index contributed by atoms with van der Waals surface area (Å²) in [6, 6.07) is 17.2. The summed E-state index contributed by atoms with van der Waals surface area (Å²) in [6.07, 6.45) is 4.09. The second kappa shape index (κ2) is 8.28. The number of nitrogens with zero attached hydrogens (tertiary/aromatic N) is 4. The van der Waals surface area contributed by atoms with E-state index in [0.717, 1.165) is 23.5 Å². The Labute approximate surface area is 178 Å². The normalized spacial score (nSPS) is 12.3. The molecule has 0 radical (unpaired) electrons. The van der Waals surface area contributed by atoms with Crippen LogP contribution in [0.3, 0.4) is 0 Å². The zero-order valence-corrected chi connectivity index (χ0v) is 18.3. The first-order chi connectivity index (χ1) is 14.4. The number of aromatic nitrogens is 4. The Morgan fingerprint density at radius 2 is 1.77 bits per heavy atom. The van der Waals surface area contributed by atoms with Crippen LogP contribution < -0.4 is 5.32 Å². The summed E-state index contributed by atoms with van der Waals surface area (Å²) < 4.78 is 3.90. The van der Waals surface area contributed by atoms with Crippen molar-refractivity contribution < 1.29 is 0 Å². The second-order valence-electron chi connectivity index (χ2n) is 8.06. The van der Waals surface area contributed by atoms with E-state index in [0.29, 0.717) is 0 Å². The van der Waals surface area contributed by atoms with Gasteiger partial charge in [-0.05, 0) is 45.9 Å². The van der Waals surface area contributed by atoms with Crippen LogP contribution in [0.1, 0.15) is 40.9 Å². The van der Waals surface area contributed by atoms with Gasteiger partial charge in [0.2, 0.25) is 0 Å². The Bertz CT molecular complexity index is 1150. The monoisotopic (exact) mass is 399 g/mol. The van der Waals surface area contributed by atoms with Crippen molar-refractivity contribution >= 4 is 0 Å². The van der Waals surface area contributed by atoms with E-state index in [1.165, 1.54) is 27.9 Å². The van der Waals surface area contributed by atoms with E-state index in [1.54, 1.807) is 0 Å². The third-order valence-corrected chi connectivity index (χ3v) is 5.72. The maximum Gasteiger partial charge on any atom is 0.0972 e. The van der Waals surface area contributed by atoms with Crippen molar-refractivity contribution in [3.05, 3.63) is 88.9 Å². The molecule has 5 heteroatoms. The molecule has 0 fully saturated rings. The molecule has 30 heavy (non-hydrogen) atoms. The van der Waals surface area contributed by atoms with Gasteiger partial charge < -0.3 is 5.32 Å². The number of nitrogens with one attached hydrogen (secondary N) is 1. The Morgan fingerprint density at radius 1 is 1.00 bits per heavy atom. The summed E-state index contributed by atoms with van der Waals surface area (Å²) in [5.41, 5.74) is 9.28. The first-order valence-electron chi connectivity index (χ1n) is 10.4. The molecular formula is C25H29N5. The van der Waals surface area contributed by atoms with Crippen molar-refractivity contribution in [1.82, 2.24) is 24.9 Å². The van der Waals surface area contributed by atoms with Crippen LogP contribution in [0, 0.1) is 20.8 Å². The molecule has 5 nitrogen and oxygen atoms in total. The third kappa shape index (κ3) is 4.07. The van der Waals surface area contributed by atoms with Crippen LogP contribution in [0.15, 0.2) is 60.9 Å². The zero-order chi connectivity index (χ0) is 21.3. The van der Waals surface area contributed by atoms with Crippen molar-refractivity contribution in [2.24, 2.45) is 7.05 Å². The van der Waals surface area contributed by atoms with E-state index >= 15 is 0 Å². The van der Waals surface area contributed by atoms with Crippen LogP contribution in [-0.4, -0.2) is 19.6 Å². The smallest absolute Gasteiger partial charge is 0.0972 e. The van der Waals surface area contributed by atoms with Crippen molar-refractivity contribution in [2.75, 3.05) is 0 Å². The molecule has 0 aliphatic carbocycles. The summed E-state index contributed by atoms with van der Waals surface area (Å²) in [4.78, 5) is 0. The average molecular weight is 400 g/mol. The summed E-state index contributed by atoms with van der Waals surface area (Å²) in [7, 11) is 1.98. The molecule has 1 N–H and O–H groups in total. The van der Waals surface area contributed by atoms with Gasteiger partial charge in [-0.3, -0.25) is 4.68 Å². The molecule has 4 aromatic rings. The van der Waals surface area contributed by atoms with Crippen molar-refractivity contribution in [3.8, 4) is 16.9 Å². The average Bonchev–Trinajstić information content (AvgIpc) is 3.31. The van der Waals surface area contributed by atoms with Gasteiger partial charge in [-0.15, -0.1) is 0 Å². The number of hydrogen-bond donors (Lipinski definition) is 1. The molecule has 0 amide bonds. The topological polar surface area (TPSA) is 47.7 Å². The summed E-state index contributed by atoms with van der Waals surface area (Å²) in [5, 5.41) is 13.0. The standard InChI is InChI=1S/C25H29N5/c1-17-9-11-23(12-10-17)30-16-22(25(28-30)21-8-6-7-18(2)13-21)14-26-19(3)24-15-27-29(5)20(24)4/h6-13,15-16,19,26H,14H2,1-5H3/t19-/m0/s1. The highest BCUT2D eigenvalue weighted by Gasteiger charge is 2.16. The lowest BCUT2D eigenvalue weighted by Gasteiger charge is -2.13. The molecule has 2 heterocycles. The van der Waals surface area contributed by atoms with Gasteiger partial charge in [0.05, 0.1) is 17.6 Å². The van der Waals surface area contributed by atoms with E-state index in [1.807, 2.05) is 22.6 Å². The molecule has 1 atom stereocenters. The Morgan fingerprint density at radius 3 is 2.43 bits per heavy atom. The van der Waals surface area contributed by atoms with Gasteiger partial charge in [-0.2, -0.15) is 10.2 Å². The highest BCUT2D eigenvalue weighted by atomic mass is 15.3. The van der Waals surface area contributed by atoms with E-state index in [2.05, 4.69) is 92.8 Å². The number of rotatable bonds is 6. The largest absolute Gasteiger partial charge is 0.306 e. The Balaban J connectivity index is 1.66. The molecule has 4 rings (SSSR count). The van der Waals surface area contributed by atoms with Gasteiger partial charge >= 0.3 is 0 Å². The number of hydrogen-bond acceptors (Lipinski definition) is 3. The van der Waals surface area contributed by atoms with Crippen molar-refractivity contribution in [3.63, 3.8) is 0 Å². The molecule has 0 bridgehead atoms. The molecule has 0 aliphatic heterocycles. The summed E-state index contributed by atoms with van der Waals surface area (Å²) in [6.45, 7) is 9.23. The molecule has 0 aliphatic rings. The van der Waals surface area contributed by atoms with Crippen LogP contribution >= 0.6 is 0 Å². The minimum Gasteiger partial charge on any atom is -0.306 e. The molecule has 0 saturated carbocycles. The van der Waals surface area contributed by atoms with Crippen LogP contribution in [0.4, 0.5) is 0 Å². The minimum absolute atomic E-state index is 0.201. The van der Waals surface area contributed by atoms with E-state index in [9.17, 15) is 0 Å². The fraction of sp³-hybridized carbons (Fsp3) is 0.280. The van der Waals surface area contributed by atoms with Gasteiger partial charge in [-0.1, -0.05) is 41.5 Å². The number of aryl methyl sites for hydroxylation is 3. The SMILES string of the molecule is Cc1ccc(-n2cc(CN[C@@H](C)c3cnn(C)c3C)c(-c3cccc(C)c3)n2)cc1. The van der Waals surface area contributed by atoms with E-state index in [-0.39, 0.29) is 6.04 Å². The maximum absolute atomic E-state index is 4.95. The lowest BCUT2D eigenvalue weighted by Crippen LogP contribution is -2.18. The van der Waals surface area contributed by atoms with Crippen LogP contribution in [0.25, 0.3) is 16.9 Å². The molecule has 2 aromatic heterocycles. The molecule has 0 saturated heterocycles. The third-order valence-electron chi connectivity index (χ3n) is 5.72. The maximum atomic E-state index is 4.95. The molecule has 154 valence electrons. The van der Waals surface area contributed by atoms with Gasteiger partial charge in [0, 0.05) is 48.2 Å². The quantitative estimate of drug-likeness (QED) is 0.494. The molecule has 0 spiro atoms. The summed E-state index contributed by atoms with van der Waals surface area (Å²) in [5.74, 6) is 0. The predicted molar refractivity (Wildman–Crippen MR) is 122 cm³/mol. The predicted octanol–water partition coefficient (Wildman–Crippen LogP) is 5.05. The minimum atomic E-state index is 0.201. The highest BCUT2D eigenvalue weighted by Crippen LogP contribution is 2.26. The van der Waals surface area contributed by atoms with Crippen LogP contribution in [-0.2, 0) is 13.6 Å². The lowest BCUT2D eigenvalue weighted by atomic mass is 10.0. The first kappa shape index (κ1) is 20.1. The van der Waals surface area contributed by atoms with Gasteiger partial charge in [0.25, 0.3) is 0 Å². The fourth-order valence-corrected chi connectivity index (χ4v) is 3.72. The molecule has 2 aromatic carbocycles. The zero-order valence-electron chi connectivity index (χ0n) is 18.3. The van der Waals surface area contributed by atoms with E-state index in [4.69, 9.17) is 5.10 Å². The van der Waals surface area contributed by atoms with Crippen molar-refractivity contribution in [1.29, 1.82) is 0 Å². The Hall–Kier alpha value is -3.18. The van der Waals surface area contributed by atoms with Crippen LogP contribution in [0.2, 0.25) is 0 Å². The van der Waals surface area contributed by atoms with Gasteiger partial charge in [-0.25, -0.2) is 4.68 Å². The second-order valence-corrected chi connectivity index (χ2v) is 8.06. The first-order valence-corrected chi connectivity index (χ1v) is 10.4. The van der Waals surface area contributed by atoms with Crippen molar-refractivity contribution in [2.45, 2.75) is 40.3 Å². The molecular weight excluding hydrogens is 370 g/mol. The molecule has 0 unspecified atom stereocenters. The van der Waals surface area contributed by atoms with Gasteiger partial charge in [0.15, 0.2) is 0 Å². The fourth-order valence-electron chi connectivity index (χ4n) is 3.72. The summed E-state index contributed by atoms with van der Waals surface area (Å²) >= 11 is 0. The lowest BCUT2D eigenvalue weighted by molar-refractivity contribution is 0.571. The van der Waals surface area contributed by atoms with Gasteiger partial charge in [0.1, 0.15) is 0 Å². The Kier molecular flexibility index (Phi) is 5.55. The number of benzene rings is 2.